The number of halogens is 3. The summed E-state index contributed by atoms with van der Waals surface area (Å²) in [7, 11) is 0. The highest BCUT2D eigenvalue weighted by Crippen LogP contribution is 2.43. The Labute approximate surface area is 220 Å². The molecule has 4 rings (SSSR count). The fourth-order valence-electron chi connectivity index (χ4n) is 4.79. The zero-order valence-corrected chi connectivity index (χ0v) is 22.2. The van der Waals surface area contributed by atoms with Gasteiger partial charge in [0.15, 0.2) is 0 Å². The Kier molecular flexibility index (Phi) is 8.11. The van der Waals surface area contributed by atoms with E-state index in [1.807, 2.05) is 49.9 Å². The lowest BCUT2D eigenvalue weighted by Gasteiger charge is -2.27. The number of anilines is 1. The highest BCUT2D eigenvalue weighted by Gasteiger charge is 2.35. The van der Waals surface area contributed by atoms with E-state index in [1.165, 1.54) is 18.5 Å². The van der Waals surface area contributed by atoms with Gasteiger partial charge >= 0.3 is 6.18 Å². The molecular weight excluding hydrogens is 497 g/mol. The van der Waals surface area contributed by atoms with Gasteiger partial charge in [-0.2, -0.15) is 13.2 Å². The van der Waals surface area contributed by atoms with Gasteiger partial charge in [-0.1, -0.05) is 49.9 Å². The molecule has 9 heteroatoms. The first-order valence-corrected chi connectivity index (χ1v) is 13.2. The number of likely N-dealkylation sites (N-methyl/N-ethyl adjacent to an activating group) is 1. The predicted molar refractivity (Wildman–Crippen MR) is 141 cm³/mol. The van der Waals surface area contributed by atoms with Gasteiger partial charge in [-0.05, 0) is 43.0 Å². The lowest BCUT2D eigenvalue weighted by atomic mass is 10.0. The molecule has 3 aromatic rings. The lowest BCUT2D eigenvalue weighted by molar-refractivity contribution is -0.139. The SMILES string of the molecule is CCN(C(C)=O)C1CCN(c2cc(-c3ccc(Sc4ccccc4C(C)C)c(C(F)(F)F)c3)ncn2)C1. The Bertz CT molecular complexity index is 1260. The van der Waals surface area contributed by atoms with Gasteiger partial charge in [-0.15, -0.1) is 0 Å². The molecule has 1 saturated heterocycles. The van der Waals surface area contributed by atoms with Crippen molar-refractivity contribution >= 4 is 23.5 Å². The minimum Gasteiger partial charge on any atom is -0.354 e. The third-order valence-electron chi connectivity index (χ3n) is 6.67. The number of hydrogen-bond acceptors (Lipinski definition) is 5. The van der Waals surface area contributed by atoms with E-state index in [4.69, 9.17) is 0 Å². The first-order chi connectivity index (χ1) is 17.6. The number of rotatable bonds is 7. The first kappa shape index (κ1) is 27.0. The van der Waals surface area contributed by atoms with Gasteiger partial charge in [0, 0.05) is 48.0 Å². The maximum Gasteiger partial charge on any atom is 0.417 e. The second-order valence-electron chi connectivity index (χ2n) is 9.46. The Morgan fingerprint density at radius 2 is 1.89 bits per heavy atom. The summed E-state index contributed by atoms with van der Waals surface area (Å²) in [4.78, 5) is 25.5. The number of nitrogens with zero attached hydrogens (tertiary/aromatic N) is 4. The molecule has 2 aromatic carbocycles. The highest BCUT2D eigenvalue weighted by molar-refractivity contribution is 7.99. The van der Waals surface area contributed by atoms with Gasteiger partial charge in [-0.3, -0.25) is 4.79 Å². The van der Waals surface area contributed by atoms with Crippen LogP contribution in [-0.2, 0) is 11.0 Å². The molecule has 1 unspecified atom stereocenters. The second kappa shape index (κ2) is 11.1. The fourth-order valence-corrected chi connectivity index (χ4v) is 6.01. The standard InChI is InChI=1S/C28H31F3N4OS/c1-5-35(19(4)36)21-12-13-34(16-21)27-15-24(32-17-33-27)20-10-11-26(23(14-20)28(29,30)31)37-25-9-7-6-8-22(25)18(2)3/h6-11,14-15,17-18,21H,5,12-13,16H2,1-4H3. The van der Waals surface area contributed by atoms with E-state index in [0.29, 0.717) is 36.7 Å². The van der Waals surface area contributed by atoms with Gasteiger partial charge in [0.25, 0.3) is 0 Å². The quantitative estimate of drug-likeness (QED) is 0.334. The Morgan fingerprint density at radius 3 is 2.57 bits per heavy atom. The normalized spacial score (nSPS) is 15.9. The molecule has 196 valence electrons. The monoisotopic (exact) mass is 528 g/mol. The van der Waals surface area contributed by atoms with Crippen molar-refractivity contribution in [3.05, 3.63) is 66.0 Å². The molecule has 1 fully saturated rings. The number of hydrogen-bond donors (Lipinski definition) is 0. The zero-order chi connectivity index (χ0) is 26.7. The van der Waals surface area contributed by atoms with Crippen molar-refractivity contribution in [2.24, 2.45) is 0 Å². The maximum absolute atomic E-state index is 14.2. The number of benzene rings is 2. The van der Waals surface area contributed by atoms with Crippen LogP contribution in [0.4, 0.5) is 19.0 Å². The first-order valence-electron chi connectivity index (χ1n) is 12.4. The third kappa shape index (κ3) is 6.09. The van der Waals surface area contributed by atoms with Crippen molar-refractivity contribution in [2.75, 3.05) is 24.5 Å². The van der Waals surface area contributed by atoms with Gasteiger partial charge in [0.1, 0.15) is 12.1 Å². The van der Waals surface area contributed by atoms with Crippen molar-refractivity contribution in [2.45, 2.75) is 62.0 Å². The summed E-state index contributed by atoms with van der Waals surface area (Å²) in [5, 5.41) is 0. The number of amides is 1. The fraction of sp³-hybridized carbons (Fsp3) is 0.393. The minimum atomic E-state index is -4.51. The number of carbonyl (C=O) groups is 1. The molecule has 0 saturated carbocycles. The summed E-state index contributed by atoms with van der Waals surface area (Å²) in [6.07, 6.45) is -2.32. The van der Waals surface area contributed by atoms with Crippen molar-refractivity contribution in [3.63, 3.8) is 0 Å². The van der Waals surface area contributed by atoms with Gasteiger partial charge in [0.05, 0.1) is 17.3 Å². The Hall–Kier alpha value is -3.07. The van der Waals surface area contributed by atoms with E-state index in [1.54, 1.807) is 19.1 Å². The van der Waals surface area contributed by atoms with Crippen LogP contribution < -0.4 is 4.90 Å². The molecule has 0 radical (unpaired) electrons. The van der Waals surface area contributed by atoms with Crippen molar-refractivity contribution in [1.82, 2.24) is 14.9 Å². The Morgan fingerprint density at radius 1 is 1.14 bits per heavy atom. The second-order valence-corrected chi connectivity index (χ2v) is 10.5. The Balaban J connectivity index is 1.63. The van der Waals surface area contributed by atoms with Crippen LogP contribution in [0.1, 0.15) is 51.2 Å². The van der Waals surface area contributed by atoms with E-state index < -0.39 is 11.7 Å². The highest BCUT2D eigenvalue weighted by atomic mass is 32.2. The van der Waals surface area contributed by atoms with E-state index in [2.05, 4.69) is 14.9 Å². The van der Waals surface area contributed by atoms with Crippen LogP contribution in [0, 0.1) is 0 Å². The number of aromatic nitrogens is 2. The summed E-state index contributed by atoms with van der Waals surface area (Å²) < 4.78 is 42.5. The van der Waals surface area contributed by atoms with Crippen molar-refractivity contribution in [3.8, 4) is 11.3 Å². The number of alkyl halides is 3. The van der Waals surface area contributed by atoms with Crippen molar-refractivity contribution in [1.29, 1.82) is 0 Å². The lowest BCUT2D eigenvalue weighted by Crippen LogP contribution is -2.40. The van der Waals surface area contributed by atoms with E-state index in [9.17, 15) is 18.0 Å². The maximum atomic E-state index is 14.2. The van der Waals surface area contributed by atoms with Gasteiger partial charge < -0.3 is 9.80 Å². The topological polar surface area (TPSA) is 49.3 Å². The van der Waals surface area contributed by atoms with Gasteiger partial charge in [-0.25, -0.2) is 9.97 Å². The van der Waals surface area contributed by atoms with E-state index >= 15 is 0 Å². The van der Waals surface area contributed by atoms with Crippen LogP contribution in [0.3, 0.4) is 0 Å². The largest absolute Gasteiger partial charge is 0.417 e. The smallest absolute Gasteiger partial charge is 0.354 e. The van der Waals surface area contributed by atoms with Crippen LogP contribution in [0.25, 0.3) is 11.3 Å². The molecule has 0 bridgehead atoms. The molecule has 0 aliphatic carbocycles. The van der Waals surface area contributed by atoms with E-state index in [-0.39, 0.29) is 22.8 Å². The molecule has 1 aromatic heterocycles. The summed E-state index contributed by atoms with van der Waals surface area (Å²) in [6.45, 7) is 9.55. The van der Waals surface area contributed by atoms with Crippen molar-refractivity contribution < 1.29 is 18.0 Å². The predicted octanol–water partition coefficient (Wildman–Crippen LogP) is 6.88. The molecule has 0 N–H and O–H groups in total. The summed E-state index contributed by atoms with van der Waals surface area (Å²) in [5.41, 5.74) is 1.14. The molecule has 0 spiro atoms. The van der Waals surface area contributed by atoms with Gasteiger partial charge in [0.2, 0.25) is 5.91 Å². The van der Waals surface area contributed by atoms with Crippen LogP contribution in [0.5, 0.6) is 0 Å². The average molecular weight is 529 g/mol. The summed E-state index contributed by atoms with van der Waals surface area (Å²) in [6, 6.07) is 13.8. The summed E-state index contributed by atoms with van der Waals surface area (Å²) in [5.74, 6) is 0.873. The molecular formula is C28H31F3N4OS. The third-order valence-corrected chi connectivity index (χ3v) is 7.84. The minimum absolute atomic E-state index is 0.0337. The number of carbonyl (C=O) groups excluding carboxylic acids is 1. The van der Waals surface area contributed by atoms with E-state index in [0.717, 1.165) is 28.6 Å². The van der Waals surface area contributed by atoms with Crippen LogP contribution >= 0.6 is 11.8 Å². The molecule has 37 heavy (non-hydrogen) atoms. The molecule has 2 heterocycles. The molecule has 1 atom stereocenters. The molecule has 1 aliphatic heterocycles. The zero-order valence-electron chi connectivity index (χ0n) is 21.4. The van der Waals surface area contributed by atoms with Crippen LogP contribution in [0.2, 0.25) is 0 Å². The van der Waals surface area contributed by atoms with Crippen LogP contribution in [0.15, 0.2) is 64.6 Å². The average Bonchev–Trinajstić information content (AvgIpc) is 3.34. The summed E-state index contributed by atoms with van der Waals surface area (Å²) >= 11 is 1.14. The molecule has 1 aliphatic rings. The molecule has 5 nitrogen and oxygen atoms in total. The van der Waals surface area contributed by atoms with Crippen LogP contribution in [-0.4, -0.2) is 46.5 Å². The molecule has 1 amide bonds.